The number of primary amides is 1. The Morgan fingerprint density at radius 1 is 1.00 bits per heavy atom. The number of hydrogen-bond donors (Lipinski definition) is 1. The number of carbonyl (C=O) groups is 1. The molecule has 0 aliphatic rings. The Morgan fingerprint density at radius 3 is 2.24 bits per heavy atom. The smallest absolute Gasteiger partial charge is 0.250 e. The minimum atomic E-state index is -0.536. The van der Waals surface area contributed by atoms with Crippen molar-refractivity contribution in [2.75, 3.05) is 0 Å². The number of halogens is 2. The maximum atomic E-state index is 11.2. The molecule has 2 aromatic carbocycles. The van der Waals surface area contributed by atoms with Crippen LogP contribution in [-0.2, 0) is 0 Å². The molecule has 2 nitrogen and oxygen atoms in total. The van der Waals surface area contributed by atoms with Gasteiger partial charge in [0.25, 0.3) is 0 Å². The third-order valence-corrected chi connectivity index (χ3v) is 3.08. The summed E-state index contributed by atoms with van der Waals surface area (Å²) < 4.78 is 0. The van der Waals surface area contributed by atoms with Crippen LogP contribution in [0.3, 0.4) is 0 Å². The highest BCUT2D eigenvalue weighted by Gasteiger charge is 2.11. The summed E-state index contributed by atoms with van der Waals surface area (Å²) in [6.07, 6.45) is 0. The first-order chi connectivity index (χ1) is 8.09. The van der Waals surface area contributed by atoms with Gasteiger partial charge in [-0.25, -0.2) is 0 Å². The zero-order valence-electron chi connectivity index (χ0n) is 8.78. The maximum absolute atomic E-state index is 11.2. The highest BCUT2D eigenvalue weighted by atomic mass is 35.5. The predicted octanol–water partition coefficient (Wildman–Crippen LogP) is 3.76. The lowest BCUT2D eigenvalue weighted by Crippen LogP contribution is -2.11. The molecule has 0 saturated heterocycles. The number of nitrogens with two attached hydrogens (primary N) is 1. The van der Waals surface area contributed by atoms with Crippen molar-refractivity contribution in [3.63, 3.8) is 0 Å². The van der Waals surface area contributed by atoms with Crippen molar-refractivity contribution in [1.82, 2.24) is 0 Å². The van der Waals surface area contributed by atoms with Crippen LogP contribution in [0.5, 0.6) is 0 Å². The molecule has 1 amide bonds. The summed E-state index contributed by atoms with van der Waals surface area (Å²) in [6.45, 7) is 0. The molecule has 86 valence electrons. The Labute approximate surface area is 109 Å². The van der Waals surface area contributed by atoms with E-state index >= 15 is 0 Å². The van der Waals surface area contributed by atoms with Crippen LogP contribution in [-0.4, -0.2) is 5.91 Å². The van der Waals surface area contributed by atoms with Crippen molar-refractivity contribution in [1.29, 1.82) is 0 Å². The highest BCUT2D eigenvalue weighted by molar-refractivity contribution is 6.36. The Morgan fingerprint density at radius 2 is 1.65 bits per heavy atom. The SMILES string of the molecule is NC(=O)c1cccc(-c2ccc(Cl)cc2)c1Cl. The summed E-state index contributed by atoms with van der Waals surface area (Å²) in [5.74, 6) is -0.536. The lowest BCUT2D eigenvalue weighted by molar-refractivity contribution is 0.100. The van der Waals surface area contributed by atoms with E-state index in [-0.39, 0.29) is 0 Å². The number of hydrogen-bond acceptors (Lipinski definition) is 1. The summed E-state index contributed by atoms with van der Waals surface area (Å²) in [5, 5.41) is 1.01. The van der Waals surface area contributed by atoms with Gasteiger partial charge in [0.2, 0.25) is 5.91 Å². The van der Waals surface area contributed by atoms with Crippen molar-refractivity contribution in [2.45, 2.75) is 0 Å². The largest absolute Gasteiger partial charge is 0.366 e. The van der Waals surface area contributed by atoms with Gasteiger partial charge in [0, 0.05) is 10.6 Å². The third-order valence-electron chi connectivity index (χ3n) is 2.42. The molecule has 17 heavy (non-hydrogen) atoms. The number of benzene rings is 2. The third kappa shape index (κ3) is 2.43. The first-order valence-electron chi connectivity index (χ1n) is 4.94. The molecule has 2 rings (SSSR count). The zero-order valence-corrected chi connectivity index (χ0v) is 10.3. The van der Waals surface area contributed by atoms with Gasteiger partial charge in [-0.05, 0) is 23.8 Å². The van der Waals surface area contributed by atoms with Gasteiger partial charge in [-0.3, -0.25) is 4.79 Å². The molecule has 0 aromatic heterocycles. The van der Waals surface area contributed by atoms with Gasteiger partial charge >= 0.3 is 0 Å². The van der Waals surface area contributed by atoms with E-state index in [4.69, 9.17) is 28.9 Å². The molecule has 0 unspecified atom stereocenters. The topological polar surface area (TPSA) is 43.1 Å². The van der Waals surface area contributed by atoms with E-state index in [1.54, 1.807) is 24.3 Å². The maximum Gasteiger partial charge on any atom is 0.250 e. The molecular formula is C13H9Cl2NO. The van der Waals surface area contributed by atoms with E-state index in [1.165, 1.54) is 0 Å². The van der Waals surface area contributed by atoms with Crippen LogP contribution in [0.15, 0.2) is 42.5 Å². The second-order valence-electron chi connectivity index (χ2n) is 3.54. The van der Waals surface area contributed by atoms with Crippen molar-refractivity contribution in [3.05, 3.63) is 58.1 Å². The molecule has 0 heterocycles. The van der Waals surface area contributed by atoms with Crippen LogP contribution in [0.1, 0.15) is 10.4 Å². The molecule has 0 bridgehead atoms. The fourth-order valence-corrected chi connectivity index (χ4v) is 2.03. The van der Waals surface area contributed by atoms with Gasteiger partial charge in [0.1, 0.15) is 0 Å². The summed E-state index contributed by atoms with van der Waals surface area (Å²) in [7, 11) is 0. The van der Waals surface area contributed by atoms with Gasteiger partial charge in [-0.1, -0.05) is 47.5 Å². The molecule has 2 N–H and O–H groups in total. The Hall–Kier alpha value is -1.51. The summed E-state index contributed by atoms with van der Waals surface area (Å²) in [4.78, 5) is 11.2. The normalized spacial score (nSPS) is 10.2. The quantitative estimate of drug-likeness (QED) is 0.883. The summed E-state index contributed by atoms with van der Waals surface area (Å²) in [5.41, 5.74) is 7.21. The Balaban J connectivity index is 2.56. The van der Waals surface area contributed by atoms with Crippen molar-refractivity contribution in [3.8, 4) is 11.1 Å². The van der Waals surface area contributed by atoms with Crippen LogP contribution in [0.25, 0.3) is 11.1 Å². The fraction of sp³-hybridized carbons (Fsp3) is 0. The molecule has 0 saturated carbocycles. The lowest BCUT2D eigenvalue weighted by Gasteiger charge is -2.07. The molecule has 0 fully saturated rings. The molecule has 0 aliphatic carbocycles. The number of amides is 1. The standard InChI is InChI=1S/C13H9Cl2NO/c14-9-6-4-8(5-7-9)10-2-1-3-11(12(10)15)13(16)17/h1-7H,(H2,16,17). The molecule has 0 spiro atoms. The average molecular weight is 266 g/mol. The monoisotopic (exact) mass is 265 g/mol. The van der Waals surface area contributed by atoms with E-state index in [0.717, 1.165) is 11.1 Å². The molecule has 0 radical (unpaired) electrons. The van der Waals surface area contributed by atoms with E-state index in [2.05, 4.69) is 0 Å². The van der Waals surface area contributed by atoms with Gasteiger partial charge in [-0.2, -0.15) is 0 Å². The van der Waals surface area contributed by atoms with Crippen LogP contribution in [0, 0.1) is 0 Å². The van der Waals surface area contributed by atoms with Crippen LogP contribution < -0.4 is 5.73 Å². The van der Waals surface area contributed by atoms with Crippen molar-refractivity contribution < 1.29 is 4.79 Å². The second kappa shape index (κ2) is 4.78. The average Bonchev–Trinajstić information content (AvgIpc) is 2.30. The van der Waals surface area contributed by atoms with Crippen molar-refractivity contribution >= 4 is 29.1 Å². The number of carbonyl (C=O) groups excluding carboxylic acids is 1. The predicted molar refractivity (Wildman–Crippen MR) is 70.4 cm³/mol. The molecule has 0 aliphatic heterocycles. The van der Waals surface area contributed by atoms with E-state index < -0.39 is 5.91 Å². The molecule has 0 atom stereocenters. The van der Waals surface area contributed by atoms with Crippen LogP contribution in [0.4, 0.5) is 0 Å². The summed E-state index contributed by atoms with van der Waals surface area (Å²) in [6, 6.07) is 12.4. The fourth-order valence-electron chi connectivity index (χ4n) is 1.57. The van der Waals surface area contributed by atoms with Crippen LogP contribution in [0.2, 0.25) is 10.0 Å². The molecule has 2 aromatic rings. The Kier molecular flexibility index (Phi) is 3.36. The Bertz CT molecular complexity index is 564. The summed E-state index contributed by atoms with van der Waals surface area (Å²) >= 11 is 12.0. The van der Waals surface area contributed by atoms with E-state index in [0.29, 0.717) is 15.6 Å². The van der Waals surface area contributed by atoms with Crippen LogP contribution >= 0.6 is 23.2 Å². The first kappa shape index (κ1) is 12.0. The minimum absolute atomic E-state index is 0.319. The lowest BCUT2D eigenvalue weighted by atomic mass is 10.0. The number of rotatable bonds is 2. The van der Waals surface area contributed by atoms with Gasteiger partial charge in [0.15, 0.2) is 0 Å². The molecular weight excluding hydrogens is 257 g/mol. The van der Waals surface area contributed by atoms with Crippen molar-refractivity contribution in [2.24, 2.45) is 5.73 Å². The van der Waals surface area contributed by atoms with E-state index in [1.807, 2.05) is 18.2 Å². The zero-order chi connectivity index (χ0) is 12.4. The van der Waals surface area contributed by atoms with Gasteiger partial charge in [0.05, 0.1) is 10.6 Å². The second-order valence-corrected chi connectivity index (χ2v) is 4.35. The van der Waals surface area contributed by atoms with E-state index in [9.17, 15) is 4.79 Å². The highest BCUT2D eigenvalue weighted by Crippen LogP contribution is 2.31. The van der Waals surface area contributed by atoms with Gasteiger partial charge in [-0.15, -0.1) is 0 Å². The first-order valence-corrected chi connectivity index (χ1v) is 5.69. The van der Waals surface area contributed by atoms with Gasteiger partial charge < -0.3 is 5.73 Å². The molecule has 4 heteroatoms. The minimum Gasteiger partial charge on any atom is -0.366 e.